The molecule has 3 aromatic rings. The Balaban J connectivity index is 1.62. The lowest BCUT2D eigenvalue weighted by Crippen LogP contribution is -2.31. The van der Waals surface area contributed by atoms with E-state index in [2.05, 4.69) is 10.6 Å². The van der Waals surface area contributed by atoms with Gasteiger partial charge in [0.15, 0.2) is 6.61 Å². The molecule has 0 heterocycles. The summed E-state index contributed by atoms with van der Waals surface area (Å²) in [5, 5.41) is 16.4. The average Bonchev–Trinajstić information content (AvgIpc) is 2.83. The van der Waals surface area contributed by atoms with Gasteiger partial charge < -0.3 is 15.4 Å². The zero-order chi connectivity index (χ0) is 24.5. The van der Waals surface area contributed by atoms with Gasteiger partial charge in [0.05, 0.1) is 17.4 Å². The van der Waals surface area contributed by atoms with Crippen molar-refractivity contribution < 1.29 is 24.0 Å². The number of anilines is 1. The molecule has 9 nitrogen and oxygen atoms in total. The van der Waals surface area contributed by atoms with Crippen LogP contribution in [0.25, 0.3) is 0 Å². The predicted molar refractivity (Wildman–Crippen MR) is 125 cm³/mol. The van der Waals surface area contributed by atoms with Gasteiger partial charge in [-0.15, -0.1) is 0 Å². The van der Waals surface area contributed by atoms with E-state index in [0.29, 0.717) is 11.1 Å². The summed E-state index contributed by atoms with van der Waals surface area (Å²) in [5.74, 6) is -1.88. The number of rotatable bonds is 9. The van der Waals surface area contributed by atoms with Crippen LogP contribution in [0, 0.1) is 10.1 Å². The van der Waals surface area contributed by atoms with Crippen molar-refractivity contribution >= 4 is 40.8 Å². The number of nitrogens with zero attached hydrogens (tertiary/aromatic N) is 1. The summed E-state index contributed by atoms with van der Waals surface area (Å²) in [7, 11) is 0. The molecule has 0 aliphatic heterocycles. The fourth-order valence-corrected chi connectivity index (χ4v) is 3.27. The van der Waals surface area contributed by atoms with Gasteiger partial charge in [-0.05, 0) is 29.8 Å². The fraction of sp³-hybridized carbons (Fsp3) is 0.125. The Bertz CT molecular complexity index is 1190. The minimum Gasteiger partial charge on any atom is -0.455 e. The van der Waals surface area contributed by atoms with Crippen molar-refractivity contribution in [2.75, 3.05) is 11.9 Å². The zero-order valence-corrected chi connectivity index (χ0v) is 18.5. The van der Waals surface area contributed by atoms with Crippen molar-refractivity contribution in [3.05, 3.63) is 105 Å². The SMILES string of the molecule is O=C(COC(=O)CC(NC(=O)c1ccccc1)c1ccccc1)Nc1cc(Cl)ccc1[N+](=O)[O-]. The molecule has 0 aromatic heterocycles. The van der Waals surface area contributed by atoms with E-state index in [9.17, 15) is 24.5 Å². The monoisotopic (exact) mass is 481 g/mol. The second-order valence-electron chi connectivity index (χ2n) is 7.13. The van der Waals surface area contributed by atoms with Gasteiger partial charge in [0.25, 0.3) is 17.5 Å². The Kier molecular flexibility index (Phi) is 8.31. The summed E-state index contributed by atoms with van der Waals surface area (Å²) < 4.78 is 5.04. The Morgan fingerprint density at radius 2 is 1.62 bits per heavy atom. The standard InChI is InChI=1S/C24H20ClN3O6/c25-18-11-12-21(28(32)33)20(13-18)26-22(29)15-34-23(30)14-19(16-7-3-1-4-8-16)27-24(31)17-9-5-2-6-10-17/h1-13,19H,14-15H2,(H,26,29)(H,27,31). The third-order valence-corrected chi connectivity index (χ3v) is 4.94. The molecule has 1 atom stereocenters. The first kappa shape index (κ1) is 24.4. The molecule has 0 aliphatic rings. The molecule has 10 heteroatoms. The van der Waals surface area contributed by atoms with Gasteiger partial charge in [0, 0.05) is 16.7 Å². The van der Waals surface area contributed by atoms with Crippen LogP contribution in [-0.4, -0.2) is 29.3 Å². The molecular weight excluding hydrogens is 462 g/mol. The first-order chi connectivity index (χ1) is 16.3. The van der Waals surface area contributed by atoms with E-state index in [4.69, 9.17) is 16.3 Å². The molecule has 0 saturated carbocycles. The number of halogens is 1. The Hall–Kier alpha value is -4.24. The third-order valence-electron chi connectivity index (χ3n) is 4.71. The number of benzene rings is 3. The molecule has 2 amide bonds. The number of nitro groups is 1. The topological polar surface area (TPSA) is 128 Å². The van der Waals surface area contributed by atoms with Gasteiger partial charge in [-0.2, -0.15) is 0 Å². The van der Waals surface area contributed by atoms with Gasteiger partial charge in [-0.1, -0.05) is 60.1 Å². The number of carbonyl (C=O) groups excluding carboxylic acids is 3. The molecule has 1 unspecified atom stereocenters. The maximum Gasteiger partial charge on any atom is 0.308 e. The maximum atomic E-state index is 12.6. The molecule has 0 aliphatic carbocycles. The Morgan fingerprint density at radius 3 is 2.26 bits per heavy atom. The summed E-state index contributed by atoms with van der Waals surface area (Å²) in [4.78, 5) is 47.7. The zero-order valence-electron chi connectivity index (χ0n) is 17.8. The minimum absolute atomic E-state index is 0.115. The normalized spacial score (nSPS) is 11.2. The molecule has 3 rings (SSSR count). The molecule has 0 spiro atoms. The number of hydrogen-bond acceptors (Lipinski definition) is 6. The van der Waals surface area contributed by atoms with E-state index in [0.717, 1.165) is 6.07 Å². The molecule has 174 valence electrons. The largest absolute Gasteiger partial charge is 0.455 e. The summed E-state index contributed by atoms with van der Waals surface area (Å²) in [6, 6.07) is 20.4. The number of nitro benzene ring substituents is 1. The molecule has 2 N–H and O–H groups in total. The molecule has 0 fully saturated rings. The summed E-state index contributed by atoms with van der Waals surface area (Å²) in [5.41, 5.74) is 0.648. The van der Waals surface area contributed by atoms with Gasteiger partial charge in [0.2, 0.25) is 0 Å². The lowest BCUT2D eigenvalue weighted by Gasteiger charge is -2.19. The van der Waals surface area contributed by atoms with Crippen LogP contribution in [0.2, 0.25) is 5.02 Å². The van der Waals surface area contributed by atoms with Crippen LogP contribution in [0.3, 0.4) is 0 Å². The van der Waals surface area contributed by atoms with Crippen molar-refractivity contribution in [1.82, 2.24) is 5.32 Å². The first-order valence-corrected chi connectivity index (χ1v) is 10.5. The van der Waals surface area contributed by atoms with E-state index in [1.807, 2.05) is 0 Å². The highest BCUT2D eigenvalue weighted by Crippen LogP contribution is 2.27. The van der Waals surface area contributed by atoms with Crippen LogP contribution in [0.1, 0.15) is 28.4 Å². The van der Waals surface area contributed by atoms with Gasteiger partial charge >= 0.3 is 5.97 Å². The van der Waals surface area contributed by atoms with E-state index in [1.54, 1.807) is 60.7 Å². The highest BCUT2D eigenvalue weighted by atomic mass is 35.5. The van der Waals surface area contributed by atoms with E-state index in [-0.39, 0.29) is 28.7 Å². The van der Waals surface area contributed by atoms with Crippen LogP contribution in [0.5, 0.6) is 0 Å². The molecular formula is C24H20ClN3O6. The van der Waals surface area contributed by atoms with E-state index in [1.165, 1.54) is 12.1 Å². The van der Waals surface area contributed by atoms with Crippen molar-refractivity contribution in [3.8, 4) is 0 Å². The number of nitrogens with one attached hydrogen (secondary N) is 2. The number of carbonyl (C=O) groups is 3. The highest BCUT2D eigenvalue weighted by Gasteiger charge is 2.21. The molecule has 0 saturated heterocycles. The lowest BCUT2D eigenvalue weighted by molar-refractivity contribution is -0.383. The third kappa shape index (κ3) is 6.88. The Labute approximate surface area is 199 Å². The maximum absolute atomic E-state index is 12.6. The van der Waals surface area contributed by atoms with Crippen molar-refractivity contribution in [3.63, 3.8) is 0 Å². The van der Waals surface area contributed by atoms with Gasteiger partial charge in [-0.3, -0.25) is 24.5 Å². The van der Waals surface area contributed by atoms with Crippen molar-refractivity contribution in [2.24, 2.45) is 0 Å². The van der Waals surface area contributed by atoms with Gasteiger partial charge in [-0.25, -0.2) is 0 Å². The number of amides is 2. The minimum atomic E-state index is -0.775. The van der Waals surface area contributed by atoms with Crippen LogP contribution in [0.15, 0.2) is 78.9 Å². The number of hydrogen-bond donors (Lipinski definition) is 2. The molecule has 3 aromatic carbocycles. The quantitative estimate of drug-likeness (QED) is 0.266. The summed E-state index contributed by atoms with van der Waals surface area (Å²) in [6.45, 7) is -0.670. The average molecular weight is 482 g/mol. The number of esters is 1. The summed E-state index contributed by atoms with van der Waals surface area (Å²) >= 11 is 5.84. The van der Waals surface area contributed by atoms with Crippen molar-refractivity contribution in [1.29, 1.82) is 0 Å². The summed E-state index contributed by atoms with van der Waals surface area (Å²) in [6.07, 6.45) is -0.229. The van der Waals surface area contributed by atoms with Crippen LogP contribution in [-0.2, 0) is 14.3 Å². The fourth-order valence-electron chi connectivity index (χ4n) is 3.09. The van der Waals surface area contributed by atoms with Crippen LogP contribution >= 0.6 is 11.6 Å². The Morgan fingerprint density at radius 1 is 0.971 bits per heavy atom. The van der Waals surface area contributed by atoms with Crippen LogP contribution in [0.4, 0.5) is 11.4 Å². The first-order valence-electron chi connectivity index (χ1n) is 10.1. The molecule has 0 bridgehead atoms. The second-order valence-corrected chi connectivity index (χ2v) is 7.57. The highest BCUT2D eigenvalue weighted by molar-refractivity contribution is 6.31. The van der Waals surface area contributed by atoms with Crippen molar-refractivity contribution in [2.45, 2.75) is 12.5 Å². The van der Waals surface area contributed by atoms with Crippen LogP contribution < -0.4 is 10.6 Å². The van der Waals surface area contributed by atoms with E-state index >= 15 is 0 Å². The smallest absolute Gasteiger partial charge is 0.308 e. The number of ether oxygens (including phenoxy) is 1. The predicted octanol–water partition coefficient (Wildman–Crippen LogP) is 4.29. The molecule has 0 radical (unpaired) electrons. The molecule has 34 heavy (non-hydrogen) atoms. The lowest BCUT2D eigenvalue weighted by atomic mass is 10.0. The second kappa shape index (κ2) is 11.6. The van der Waals surface area contributed by atoms with Gasteiger partial charge in [0.1, 0.15) is 5.69 Å². The van der Waals surface area contributed by atoms with E-state index < -0.39 is 29.4 Å².